The van der Waals surface area contributed by atoms with E-state index >= 15 is 0 Å². The third-order valence-electron chi connectivity index (χ3n) is 3.85. The standard InChI is InChI=1S/C15H20N2O2/c18-15-14(16-9-10-17-15)11-5-7-13(8-6-11)19-12-3-1-2-4-12/h5-8,12,14,16H,1-4,9-10H2,(H,17,18). The summed E-state index contributed by atoms with van der Waals surface area (Å²) in [5.41, 5.74) is 0.996. The first-order valence-electron chi connectivity index (χ1n) is 7.10. The summed E-state index contributed by atoms with van der Waals surface area (Å²) in [5.74, 6) is 0.961. The molecule has 19 heavy (non-hydrogen) atoms. The highest BCUT2D eigenvalue weighted by Crippen LogP contribution is 2.25. The number of carbonyl (C=O) groups excluding carboxylic acids is 1. The maximum absolute atomic E-state index is 11.8. The fourth-order valence-electron chi connectivity index (χ4n) is 2.80. The third-order valence-corrected chi connectivity index (χ3v) is 3.85. The molecular formula is C15H20N2O2. The van der Waals surface area contributed by atoms with E-state index < -0.39 is 0 Å². The van der Waals surface area contributed by atoms with Crippen molar-refractivity contribution in [3.05, 3.63) is 29.8 Å². The lowest BCUT2D eigenvalue weighted by Crippen LogP contribution is -2.47. The Bertz CT molecular complexity index is 438. The molecule has 2 aliphatic rings. The van der Waals surface area contributed by atoms with Gasteiger partial charge >= 0.3 is 0 Å². The van der Waals surface area contributed by atoms with Gasteiger partial charge in [0.05, 0.1) is 6.10 Å². The second kappa shape index (κ2) is 5.61. The highest BCUT2D eigenvalue weighted by atomic mass is 16.5. The molecule has 1 heterocycles. The molecular weight excluding hydrogens is 240 g/mol. The number of piperazine rings is 1. The fourth-order valence-corrected chi connectivity index (χ4v) is 2.80. The number of hydrogen-bond donors (Lipinski definition) is 2. The average Bonchev–Trinajstić information content (AvgIpc) is 2.93. The van der Waals surface area contributed by atoms with Crippen LogP contribution in [0.5, 0.6) is 5.75 Å². The minimum absolute atomic E-state index is 0.0516. The summed E-state index contributed by atoms with van der Waals surface area (Å²) in [7, 11) is 0. The van der Waals surface area contributed by atoms with Gasteiger partial charge in [-0.3, -0.25) is 4.79 Å². The second-order valence-corrected chi connectivity index (χ2v) is 5.27. The Morgan fingerprint density at radius 3 is 2.47 bits per heavy atom. The van der Waals surface area contributed by atoms with Gasteiger partial charge < -0.3 is 15.4 Å². The number of benzene rings is 1. The highest BCUT2D eigenvalue weighted by molar-refractivity contribution is 5.83. The molecule has 2 fully saturated rings. The van der Waals surface area contributed by atoms with Crippen LogP contribution in [0.2, 0.25) is 0 Å². The number of amides is 1. The van der Waals surface area contributed by atoms with E-state index in [0.29, 0.717) is 12.6 Å². The lowest BCUT2D eigenvalue weighted by Gasteiger charge is -2.24. The smallest absolute Gasteiger partial charge is 0.241 e. The van der Waals surface area contributed by atoms with E-state index in [-0.39, 0.29) is 11.9 Å². The van der Waals surface area contributed by atoms with Gasteiger partial charge in [0.25, 0.3) is 0 Å². The zero-order chi connectivity index (χ0) is 13.1. The zero-order valence-corrected chi connectivity index (χ0v) is 11.0. The van der Waals surface area contributed by atoms with Gasteiger partial charge in [0.15, 0.2) is 0 Å². The molecule has 4 nitrogen and oxygen atoms in total. The van der Waals surface area contributed by atoms with Crippen molar-refractivity contribution in [2.24, 2.45) is 0 Å². The number of carbonyl (C=O) groups is 1. The second-order valence-electron chi connectivity index (χ2n) is 5.27. The number of hydrogen-bond acceptors (Lipinski definition) is 3. The van der Waals surface area contributed by atoms with Gasteiger partial charge in [0, 0.05) is 13.1 Å². The monoisotopic (exact) mass is 260 g/mol. The Labute approximate surface area is 113 Å². The zero-order valence-electron chi connectivity index (χ0n) is 11.0. The highest BCUT2D eigenvalue weighted by Gasteiger charge is 2.23. The van der Waals surface area contributed by atoms with E-state index in [4.69, 9.17) is 4.74 Å². The molecule has 1 aliphatic heterocycles. The Balaban J connectivity index is 1.66. The first kappa shape index (κ1) is 12.5. The molecule has 1 unspecified atom stereocenters. The Morgan fingerprint density at radius 2 is 1.79 bits per heavy atom. The van der Waals surface area contributed by atoms with Gasteiger partial charge in [-0.25, -0.2) is 0 Å². The summed E-state index contributed by atoms with van der Waals surface area (Å²) >= 11 is 0. The van der Waals surface area contributed by atoms with Gasteiger partial charge in [-0.1, -0.05) is 12.1 Å². The molecule has 1 saturated carbocycles. The lowest BCUT2D eigenvalue weighted by molar-refractivity contribution is -0.124. The van der Waals surface area contributed by atoms with Crippen LogP contribution in [0.4, 0.5) is 0 Å². The van der Waals surface area contributed by atoms with Crippen LogP contribution in [0.3, 0.4) is 0 Å². The van der Waals surface area contributed by atoms with Gasteiger partial charge in [0.1, 0.15) is 11.8 Å². The van der Waals surface area contributed by atoms with E-state index in [9.17, 15) is 4.79 Å². The maximum atomic E-state index is 11.8. The van der Waals surface area contributed by atoms with Crippen LogP contribution >= 0.6 is 0 Å². The van der Waals surface area contributed by atoms with Crippen LogP contribution in [0.25, 0.3) is 0 Å². The maximum Gasteiger partial charge on any atom is 0.241 e. The Hall–Kier alpha value is -1.55. The molecule has 4 heteroatoms. The van der Waals surface area contributed by atoms with E-state index in [1.165, 1.54) is 12.8 Å². The van der Waals surface area contributed by atoms with Crippen molar-refractivity contribution in [1.82, 2.24) is 10.6 Å². The van der Waals surface area contributed by atoms with Crippen molar-refractivity contribution in [2.75, 3.05) is 13.1 Å². The SMILES string of the molecule is O=C1NCCNC1c1ccc(OC2CCCC2)cc1. The van der Waals surface area contributed by atoms with E-state index in [0.717, 1.165) is 30.7 Å². The summed E-state index contributed by atoms with van der Waals surface area (Å²) in [6, 6.07) is 7.67. The number of nitrogens with one attached hydrogen (secondary N) is 2. The predicted octanol–water partition coefficient (Wildman–Crippen LogP) is 1.77. The molecule has 102 valence electrons. The molecule has 2 N–H and O–H groups in total. The summed E-state index contributed by atoms with van der Waals surface area (Å²) in [6.07, 6.45) is 5.24. The van der Waals surface area contributed by atoms with E-state index in [1.807, 2.05) is 24.3 Å². The fraction of sp³-hybridized carbons (Fsp3) is 0.533. The molecule has 0 radical (unpaired) electrons. The molecule has 1 aliphatic carbocycles. The summed E-state index contributed by atoms with van der Waals surface area (Å²) in [4.78, 5) is 11.8. The quantitative estimate of drug-likeness (QED) is 0.871. The van der Waals surface area contributed by atoms with Crippen molar-refractivity contribution in [1.29, 1.82) is 0 Å². The summed E-state index contributed by atoms with van der Waals surface area (Å²) in [5, 5.41) is 6.10. The molecule has 1 amide bonds. The first-order chi connectivity index (χ1) is 9.33. The van der Waals surface area contributed by atoms with Crippen LogP contribution in [0.1, 0.15) is 37.3 Å². The molecule has 0 aromatic heterocycles. The van der Waals surface area contributed by atoms with Gasteiger partial charge in [-0.15, -0.1) is 0 Å². The molecule has 0 bridgehead atoms. The summed E-state index contributed by atoms with van der Waals surface area (Å²) in [6.45, 7) is 1.52. The average molecular weight is 260 g/mol. The summed E-state index contributed by atoms with van der Waals surface area (Å²) < 4.78 is 5.92. The predicted molar refractivity (Wildman–Crippen MR) is 73.1 cm³/mol. The third kappa shape index (κ3) is 2.89. The first-order valence-corrected chi connectivity index (χ1v) is 7.10. The molecule has 1 aromatic rings. The molecule has 1 saturated heterocycles. The molecule has 3 rings (SSSR count). The number of rotatable bonds is 3. The molecule has 1 atom stereocenters. The van der Waals surface area contributed by atoms with Crippen molar-refractivity contribution in [3.63, 3.8) is 0 Å². The van der Waals surface area contributed by atoms with Gasteiger partial charge in [-0.05, 0) is 43.4 Å². The van der Waals surface area contributed by atoms with Crippen LogP contribution < -0.4 is 15.4 Å². The van der Waals surface area contributed by atoms with Crippen molar-refractivity contribution in [2.45, 2.75) is 37.8 Å². The largest absolute Gasteiger partial charge is 0.490 e. The van der Waals surface area contributed by atoms with Crippen LogP contribution in [-0.2, 0) is 4.79 Å². The van der Waals surface area contributed by atoms with Crippen molar-refractivity contribution in [3.8, 4) is 5.75 Å². The van der Waals surface area contributed by atoms with Crippen molar-refractivity contribution >= 4 is 5.91 Å². The Morgan fingerprint density at radius 1 is 1.05 bits per heavy atom. The van der Waals surface area contributed by atoms with Crippen LogP contribution in [0, 0.1) is 0 Å². The molecule has 1 aromatic carbocycles. The topological polar surface area (TPSA) is 50.4 Å². The normalized spacial score (nSPS) is 24.2. The minimum atomic E-state index is -0.228. The molecule has 0 spiro atoms. The van der Waals surface area contributed by atoms with Crippen molar-refractivity contribution < 1.29 is 9.53 Å². The van der Waals surface area contributed by atoms with Crippen LogP contribution in [0.15, 0.2) is 24.3 Å². The minimum Gasteiger partial charge on any atom is -0.490 e. The Kier molecular flexibility index (Phi) is 3.69. The lowest BCUT2D eigenvalue weighted by atomic mass is 10.0. The van der Waals surface area contributed by atoms with Gasteiger partial charge in [0.2, 0.25) is 5.91 Å². The van der Waals surface area contributed by atoms with E-state index in [2.05, 4.69) is 10.6 Å². The van der Waals surface area contributed by atoms with Crippen LogP contribution in [-0.4, -0.2) is 25.1 Å². The number of ether oxygens (including phenoxy) is 1. The van der Waals surface area contributed by atoms with E-state index in [1.54, 1.807) is 0 Å². The van der Waals surface area contributed by atoms with Gasteiger partial charge in [-0.2, -0.15) is 0 Å².